The van der Waals surface area contributed by atoms with Crippen LogP contribution in [0.25, 0.3) is 0 Å². The van der Waals surface area contributed by atoms with Crippen LogP contribution in [-0.4, -0.2) is 94.4 Å². The Morgan fingerprint density at radius 3 is 2.04 bits per heavy atom. The molecule has 1 aliphatic heterocycles. The maximum Gasteiger partial charge on any atom is 0.360 e. The Labute approximate surface area is 154 Å². The quantitative estimate of drug-likeness (QED) is 0.377. The summed E-state index contributed by atoms with van der Waals surface area (Å²) < 4.78 is 11.5. The molecule has 1 heterocycles. The summed E-state index contributed by atoms with van der Waals surface area (Å²) in [7, 11) is 10.4. The van der Waals surface area contributed by atoms with Crippen LogP contribution in [0.15, 0.2) is 4.99 Å². The molecule has 2 unspecified atom stereocenters. The first kappa shape index (κ1) is 23.0. The lowest BCUT2D eigenvalue weighted by Crippen LogP contribution is -2.81. The third-order valence-corrected chi connectivity index (χ3v) is 4.09. The molecule has 0 aliphatic carbocycles. The lowest BCUT2D eigenvalue weighted by Gasteiger charge is -2.57. The highest BCUT2D eigenvalue weighted by atomic mass is 17.0. The van der Waals surface area contributed by atoms with E-state index < -0.39 is 11.9 Å². The number of ether oxygens (including phenoxy) is 2. The van der Waals surface area contributed by atoms with E-state index in [1.807, 2.05) is 11.9 Å². The molecule has 0 spiro atoms. The van der Waals surface area contributed by atoms with Crippen LogP contribution in [0.1, 0.15) is 19.8 Å². The number of hydrogen-bond donors (Lipinski definition) is 1. The van der Waals surface area contributed by atoms with E-state index in [2.05, 4.69) is 11.9 Å². The van der Waals surface area contributed by atoms with Crippen LogP contribution in [0.5, 0.6) is 0 Å². The molecule has 0 aromatic heterocycles. The van der Waals surface area contributed by atoms with E-state index >= 15 is 0 Å². The van der Waals surface area contributed by atoms with Crippen LogP contribution in [0.3, 0.4) is 0 Å². The average molecular weight is 380 g/mol. The van der Waals surface area contributed by atoms with Gasteiger partial charge in [0.05, 0.1) is 28.4 Å². The summed E-state index contributed by atoms with van der Waals surface area (Å²) in [6, 6.07) is 0. The zero-order valence-corrected chi connectivity index (χ0v) is 16.9. The van der Waals surface area contributed by atoms with Crippen molar-refractivity contribution in [3.05, 3.63) is 0 Å². The lowest BCUT2D eigenvalue weighted by atomic mass is 10.3. The summed E-state index contributed by atoms with van der Waals surface area (Å²) in [6.45, 7) is 2.72. The van der Waals surface area contributed by atoms with Crippen LogP contribution in [0, 0.1) is 0 Å². The van der Waals surface area contributed by atoms with E-state index in [1.54, 1.807) is 0 Å². The van der Waals surface area contributed by atoms with E-state index in [0.29, 0.717) is 6.54 Å². The SMILES string of the molecule is CCCCN(C)C1(OC)N(OC)C(N)=NC(OC)(N(OC)OC)N1OC. The van der Waals surface area contributed by atoms with Gasteiger partial charge in [-0.25, -0.2) is 4.90 Å². The zero-order valence-electron chi connectivity index (χ0n) is 16.9. The smallest absolute Gasteiger partial charge is 0.360 e. The molecular weight excluding hydrogens is 348 g/mol. The predicted octanol–water partition coefficient (Wildman–Crippen LogP) is -0.286. The Hall–Kier alpha value is -1.09. The normalized spacial score (nSPS) is 27.5. The van der Waals surface area contributed by atoms with Gasteiger partial charge >= 0.3 is 11.9 Å². The highest BCUT2D eigenvalue weighted by molar-refractivity contribution is 5.78. The lowest BCUT2D eigenvalue weighted by molar-refractivity contribution is -0.569. The number of aliphatic imine (C=N–C) groups is 1. The van der Waals surface area contributed by atoms with Gasteiger partial charge < -0.3 is 15.2 Å². The molecular formula is C14H32N6O6. The minimum absolute atomic E-state index is 0.0352. The summed E-state index contributed by atoms with van der Waals surface area (Å²) in [6.07, 6.45) is 1.87. The van der Waals surface area contributed by atoms with E-state index in [9.17, 15) is 0 Å². The Morgan fingerprint density at radius 1 is 1.04 bits per heavy atom. The molecule has 154 valence electrons. The van der Waals surface area contributed by atoms with E-state index in [-0.39, 0.29) is 5.96 Å². The second-order valence-electron chi connectivity index (χ2n) is 5.38. The molecule has 0 saturated carbocycles. The monoisotopic (exact) mass is 380 g/mol. The van der Waals surface area contributed by atoms with Crippen molar-refractivity contribution in [2.24, 2.45) is 10.7 Å². The second kappa shape index (κ2) is 9.73. The largest absolute Gasteiger partial charge is 0.368 e. The molecule has 2 N–H and O–H groups in total. The van der Waals surface area contributed by atoms with Gasteiger partial charge in [0.15, 0.2) is 0 Å². The van der Waals surface area contributed by atoms with Crippen molar-refractivity contribution in [3.8, 4) is 0 Å². The minimum atomic E-state index is -1.76. The van der Waals surface area contributed by atoms with Gasteiger partial charge in [-0.05, 0) is 13.5 Å². The average Bonchev–Trinajstić information content (AvgIpc) is 2.65. The fraction of sp³-hybridized carbons (Fsp3) is 0.929. The van der Waals surface area contributed by atoms with Crippen molar-refractivity contribution in [2.75, 3.05) is 56.3 Å². The molecule has 0 fully saturated rings. The van der Waals surface area contributed by atoms with E-state index in [4.69, 9.17) is 34.6 Å². The summed E-state index contributed by atoms with van der Waals surface area (Å²) in [4.78, 5) is 27.8. The van der Waals surface area contributed by atoms with Gasteiger partial charge in [0.25, 0.3) is 0 Å². The Balaban J connectivity index is 3.66. The van der Waals surface area contributed by atoms with Crippen molar-refractivity contribution in [1.29, 1.82) is 0 Å². The summed E-state index contributed by atoms with van der Waals surface area (Å²) in [5, 5.41) is 3.53. The van der Waals surface area contributed by atoms with Gasteiger partial charge in [0, 0.05) is 26.0 Å². The molecule has 0 aromatic carbocycles. The van der Waals surface area contributed by atoms with Gasteiger partial charge in [-0.1, -0.05) is 18.4 Å². The fourth-order valence-electron chi connectivity index (χ4n) is 2.91. The number of nitrogens with zero attached hydrogens (tertiary/aromatic N) is 5. The highest BCUT2D eigenvalue weighted by Gasteiger charge is 2.66. The number of unbranched alkanes of at least 4 members (excludes halogenated alkanes) is 1. The number of nitrogens with two attached hydrogens (primary N) is 1. The summed E-state index contributed by atoms with van der Waals surface area (Å²) in [5.41, 5.74) is 6.17. The number of rotatable bonds is 11. The van der Waals surface area contributed by atoms with Gasteiger partial charge in [-0.2, -0.15) is 10.1 Å². The number of hydrogen-bond acceptors (Lipinski definition) is 12. The van der Waals surface area contributed by atoms with Crippen molar-refractivity contribution < 1.29 is 28.8 Å². The van der Waals surface area contributed by atoms with Crippen LogP contribution >= 0.6 is 0 Å². The highest BCUT2D eigenvalue weighted by Crippen LogP contribution is 2.39. The molecule has 0 amide bonds. The molecule has 0 bridgehead atoms. The Bertz CT molecular complexity index is 467. The third-order valence-electron chi connectivity index (χ3n) is 4.09. The van der Waals surface area contributed by atoms with Crippen LogP contribution in [-0.2, 0) is 28.8 Å². The number of guanidine groups is 1. The molecule has 2 atom stereocenters. The first-order chi connectivity index (χ1) is 12.4. The molecule has 12 heteroatoms. The van der Waals surface area contributed by atoms with Gasteiger partial charge in [-0.3, -0.25) is 19.4 Å². The third kappa shape index (κ3) is 3.52. The van der Waals surface area contributed by atoms with Gasteiger partial charge in [0.2, 0.25) is 5.96 Å². The minimum Gasteiger partial charge on any atom is -0.368 e. The number of methoxy groups -OCH3 is 2. The second-order valence-corrected chi connectivity index (χ2v) is 5.38. The van der Waals surface area contributed by atoms with Crippen molar-refractivity contribution >= 4 is 5.96 Å². The summed E-state index contributed by atoms with van der Waals surface area (Å²) in [5.74, 6) is -3.27. The van der Waals surface area contributed by atoms with E-state index in [1.165, 1.54) is 52.8 Å². The molecule has 1 aliphatic rings. The van der Waals surface area contributed by atoms with Crippen molar-refractivity contribution in [2.45, 2.75) is 31.7 Å². The summed E-state index contributed by atoms with van der Waals surface area (Å²) >= 11 is 0. The first-order valence-corrected chi connectivity index (χ1v) is 8.14. The van der Waals surface area contributed by atoms with Crippen molar-refractivity contribution in [3.63, 3.8) is 0 Å². The molecule has 0 aromatic rings. The standard InChI is InChI=1S/C14H32N6O6/c1-9-10-11-17(2)14(22-4)18(23-5)12(15)16-13(21-3,19(14)24-6)20(25-7)26-8/h9-11H2,1-8H3,(H2,15,16). The van der Waals surface area contributed by atoms with E-state index in [0.717, 1.165) is 18.1 Å². The van der Waals surface area contributed by atoms with Gasteiger partial charge in [0.1, 0.15) is 0 Å². The predicted molar refractivity (Wildman–Crippen MR) is 92.2 cm³/mol. The number of hydroxylamine groups is 6. The molecule has 26 heavy (non-hydrogen) atoms. The molecule has 0 radical (unpaired) electrons. The maximum absolute atomic E-state index is 6.17. The van der Waals surface area contributed by atoms with Gasteiger partial charge in [-0.15, -0.1) is 0 Å². The topological polar surface area (TPSA) is 107 Å². The fourth-order valence-corrected chi connectivity index (χ4v) is 2.91. The molecule has 0 saturated heterocycles. The Kier molecular flexibility index (Phi) is 8.59. The van der Waals surface area contributed by atoms with Crippen LogP contribution in [0.2, 0.25) is 0 Å². The van der Waals surface area contributed by atoms with Crippen LogP contribution < -0.4 is 5.73 Å². The molecule has 12 nitrogen and oxygen atoms in total. The van der Waals surface area contributed by atoms with Crippen LogP contribution in [0.4, 0.5) is 0 Å². The maximum atomic E-state index is 6.17. The first-order valence-electron chi connectivity index (χ1n) is 8.14. The Morgan fingerprint density at radius 2 is 1.65 bits per heavy atom. The zero-order chi connectivity index (χ0) is 20.0. The van der Waals surface area contributed by atoms with Crippen molar-refractivity contribution in [1.82, 2.24) is 20.3 Å². The molecule has 1 rings (SSSR count).